The summed E-state index contributed by atoms with van der Waals surface area (Å²) in [5.74, 6) is 0.473. The lowest BCUT2D eigenvalue weighted by Gasteiger charge is -2.19. The molecular weight excluding hydrogens is 392 g/mol. The Balaban J connectivity index is 2.21. The van der Waals surface area contributed by atoms with E-state index in [4.69, 9.17) is 9.47 Å². The average molecular weight is 421 g/mol. The fraction of sp³-hybridized carbons (Fsp3) is 0.381. The van der Waals surface area contributed by atoms with E-state index in [1.165, 1.54) is 39.3 Å². The van der Waals surface area contributed by atoms with Crippen molar-refractivity contribution in [2.24, 2.45) is 0 Å². The number of carbonyl (C=O) groups excluding carboxylic acids is 1. The van der Waals surface area contributed by atoms with Crippen molar-refractivity contribution in [3.63, 3.8) is 0 Å². The number of sulfonamides is 1. The number of rotatable bonds is 8. The molecule has 0 aromatic heterocycles. The first-order valence-electron chi connectivity index (χ1n) is 9.25. The molecule has 0 radical (unpaired) electrons. The number of anilines is 1. The first-order valence-corrected chi connectivity index (χ1v) is 10.7. The van der Waals surface area contributed by atoms with E-state index in [-0.39, 0.29) is 16.6 Å². The van der Waals surface area contributed by atoms with Gasteiger partial charge in [-0.25, -0.2) is 8.42 Å². The molecule has 29 heavy (non-hydrogen) atoms. The Morgan fingerprint density at radius 1 is 1.00 bits per heavy atom. The smallest absolute Gasteiger partial charge is 0.242 e. The van der Waals surface area contributed by atoms with Gasteiger partial charge in [0.15, 0.2) is 11.5 Å². The first-order chi connectivity index (χ1) is 13.6. The van der Waals surface area contributed by atoms with E-state index in [0.717, 1.165) is 11.1 Å². The van der Waals surface area contributed by atoms with E-state index >= 15 is 0 Å². The van der Waals surface area contributed by atoms with E-state index in [2.05, 4.69) is 10.0 Å². The number of nitrogens with one attached hydrogen (secondary N) is 2. The van der Waals surface area contributed by atoms with Crippen molar-refractivity contribution >= 4 is 21.6 Å². The summed E-state index contributed by atoms with van der Waals surface area (Å²) in [6, 6.07) is 9.05. The molecular formula is C21H28N2O5S. The Hall–Kier alpha value is -2.58. The van der Waals surface area contributed by atoms with Crippen LogP contribution in [0.1, 0.15) is 37.8 Å². The van der Waals surface area contributed by atoms with Crippen LogP contribution in [0.5, 0.6) is 11.5 Å². The molecule has 0 aliphatic carbocycles. The number of benzene rings is 2. The van der Waals surface area contributed by atoms with Crippen molar-refractivity contribution in [1.82, 2.24) is 4.72 Å². The molecule has 2 aromatic rings. The monoisotopic (exact) mass is 420 g/mol. The maximum atomic E-state index is 12.7. The van der Waals surface area contributed by atoms with Crippen LogP contribution in [0.25, 0.3) is 0 Å². The maximum Gasteiger partial charge on any atom is 0.242 e. The van der Waals surface area contributed by atoms with Gasteiger partial charge in [0.05, 0.1) is 25.2 Å². The van der Waals surface area contributed by atoms with Crippen LogP contribution in [0, 0.1) is 6.92 Å². The molecule has 0 fully saturated rings. The largest absolute Gasteiger partial charge is 0.493 e. The third kappa shape index (κ3) is 5.27. The minimum atomic E-state index is -3.94. The summed E-state index contributed by atoms with van der Waals surface area (Å²) in [6.07, 6.45) is 0. The second kappa shape index (κ2) is 9.28. The van der Waals surface area contributed by atoms with Crippen molar-refractivity contribution in [2.75, 3.05) is 19.5 Å². The summed E-state index contributed by atoms with van der Waals surface area (Å²) in [6.45, 7) is 7.47. The molecule has 0 spiro atoms. The quantitative estimate of drug-likeness (QED) is 0.682. The number of para-hydroxylation sites is 1. The van der Waals surface area contributed by atoms with Crippen molar-refractivity contribution in [3.05, 3.63) is 47.5 Å². The average Bonchev–Trinajstić information content (AvgIpc) is 2.68. The van der Waals surface area contributed by atoms with Crippen molar-refractivity contribution in [3.8, 4) is 11.5 Å². The number of hydrogen-bond donors (Lipinski definition) is 2. The van der Waals surface area contributed by atoms with Crippen LogP contribution in [0.15, 0.2) is 41.3 Å². The van der Waals surface area contributed by atoms with Crippen LogP contribution in [-0.4, -0.2) is 34.6 Å². The van der Waals surface area contributed by atoms with E-state index in [1.807, 2.05) is 39.0 Å². The van der Waals surface area contributed by atoms with E-state index in [1.54, 1.807) is 0 Å². The van der Waals surface area contributed by atoms with Crippen LogP contribution in [0.2, 0.25) is 0 Å². The second-order valence-corrected chi connectivity index (χ2v) is 8.76. The fourth-order valence-corrected chi connectivity index (χ4v) is 4.13. The third-order valence-corrected chi connectivity index (χ3v) is 6.10. The Bertz CT molecular complexity index is 987. The van der Waals surface area contributed by atoms with Crippen molar-refractivity contribution in [1.29, 1.82) is 0 Å². The predicted octanol–water partition coefficient (Wildman–Crippen LogP) is 3.44. The lowest BCUT2D eigenvalue weighted by atomic mass is 9.98. The van der Waals surface area contributed by atoms with Crippen molar-refractivity contribution < 1.29 is 22.7 Å². The molecule has 2 N–H and O–H groups in total. The topological polar surface area (TPSA) is 93.7 Å². The number of hydrogen-bond acceptors (Lipinski definition) is 5. The minimum Gasteiger partial charge on any atom is -0.493 e. The molecule has 0 saturated carbocycles. The maximum absolute atomic E-state index is 12.7. The number of aryl methyl sites for hydroxylation is 1. The fourth-order valence-electron chi connectivity index (χ4n) is 2.91. The number of carbonyl (C=O) groups is 1. The highest BCUT2D eigenvalue weighted by Gasteiger charge is 2.24. The van der Waals surface area contributed by atoms with Gasteiger partial charge >= 0.3 is 0 Å². The zero-order valence-corrected chi connectivity index (χ0v) is 18.4. The summed E-state index contributed by atoms with van der Waals surface area (Å²) < 4.78 is 38.1. The Morgan fingerprint density at radius 2 is 1.66 bits per heavy atom. The Kier molecular flexibility index (Phi) is 7.26. The molecule has 0 aliphatic rings. The van der Waals surface area contributed by atoms with Gasteiger partial charge in [-0.1, -0.05) is 32.0 Å². The standard InChI is InChI=1S/C21H28N2O5S/c1-13(2)17-9-7-8-14(3)20(17)22-21(24)15(4)23-29(25,26)16-10-11-18(27-5)19(12-16)28-6/h7-13,15,23H,1-6H3,(H,22,24). The van der Waals surface area contributed by atoms with Crippen LogP contribution in [0.4, 0.5) is 5.69 Å². The summed E-state index contributed by atoms with van der Waals surface area (Å²) in [5.41, 5.74) is 2.62. The van der Waals surface area contributed by atoms with E-state index in [9.17, 15) is 13.2 Å². The van der Waals surface area contributed by atoms with Gasteiger partial charge in [-0.3, -0.25) is 4.79 Å². The van der Waals surface area contributed by atoms with Gasteiger partial charge in [0, 0.05) is 11.8 Å². The molecule has 0 aliphatic heterocycles. The molecule has 1 unspecified atom stereocenters. The molecule has 1 atom stereocenters. The summed E-state index contributed by atoms with van der Waals surface area (Å²) in [4.78, 5) is 12.7. The van der Waals surface area contributed by atoms with Gasteiger partial charge in [-0.2, -0.15) is 4.72 Å². The summed E-state index contributed by atoms with van der Waals surface area (Å²) >= 11 is 0. The minimum absolute atomic E-state index is 0.0199. The Labute approximate surface area is 172 Å². The molecule has 0 saturated heterocycles. The highest BCUT2D eigenvalue weighted by molar-refractivity contribution is 7.89. The van der Waals surface area contributed by atoms with E-state index in [0.29, 0.717) is 11.4 Å². The molecule has 0 bridgehead atoms. The van der Waals surface area contributed by atoms with Crippen LogP contribution >= 0.6 is 0 Å². The zero-order chi connectivity index (χ0) is 21.8. The van der Waals surface area contributed by atoms with Gasteiger partial charge in [-0.15, -0.1) is 0 Å². The van der Waals surface area contributed by atoms with E-state index < -0.39 is 22.0 Å². The summed E-state index contributed by atoms with van der Waals surface area (Å²) in [5, 5.41) is 2.86. The summed E-state index contributed by atoms with van der Waals surface area (Å²) in [7, 11) is -1.05. The Morgan fingerprint density at radius 3 is 2.24 bits per heavy atom. The lowest BCUT2D eigenvalue weighted by molar-refractivity contribution is -0.117. The highest BCUT2D eigenvalue weighted by Crippen LogP contribution is 2.30. The van der Waals surface area contributed by atoms with Crippen LogP contribution in [0.3, 0.4) is 0 Å². The first kappa shape index (κ1) is 22.7. The molecule has 1 amide bonds. The second-order valence-electron chi connectivity index (χ2n) is 7.04. The molecule has 8 heteroatoms. The number of ether oxygens (including phenoxy) is 2. The lowest BCUT2D eigenvalue weighted by Crippen LogP contribution is -2.41. The molecule has 2 rings (SSSR count). The molecule has 2 aromatic carbocycles. The van der Waals surface area contributed by atoms with Crippen LogP contribution in [-0.2, 0) is 14.8 Å². The van der Waals surface area contributed by atoms with Crippen LogP contribution < -0.4 is 19.5 Å². The predicted molar refractivity (Wildman–Crippen MR) is 113 cm³/mol. The molecule has 158 valence electrons. The van der Waals surface area contributed by atoms with Gasteiger partial charge in [0.1, 0.15) is 0 Å². The van der Waals surface area contributed by atoms with Gasteiger partial charge < -0.3 is 14.8 Å². The zero-order valence-electron chi connectivity index (χ0n) is 17.6. The molecule has 7 nitrogen and oxygen atoms in total. The third-order valence-electron chi connectivity index (χ3n) is 4.57. The normalized spacial score (nSPS) is 12.5. The van der Waals surface area contributed by atoms with Gasteiger partial charge in [0.25, 0.3) is 0 Å². The van der Waals surface area contributed by atoms with Gasteiger partial charge in [-0.05, 0) is 43.0 Å². The molecule has 0 heterocycles. The highest BCUT2D eigenvalue weighted by atomic mass is 32.2. The number of methoxy groups -OCH3 is 2. The van der Waals surface area contributed by atoms with Crippen molar-refractivity contribution in [2.45, 2.75) is 44.6 Å². The van der Waals surface area contributed by atoms with Gasteiger partial charge in [0.2, 0.25) is 15.9 Å². The number of amides is 1. The SMILES string of the molecule is COc1ccc(S(=O)(=O)NC(C)C(=O)Nc2c(C)cccc2C(C)C)cc1OC.